The van der Waals surface area contributed by atoms with Crippen molar-refractivity contribution in [3.05, 3.63) is 35.9 Å². The van der Waals surface area contributed by atoms with E-state index in [9.17, 15) is 24.1 Å². The normalized spacial score (nSPS) is 27.6. The first kappa shape index (κ1) is 34.2. The Hall–Kier alpha value is -2.26. The average molecular weight is 608 g/mol. The van der Waals surface area contributed by atoms with Crippen LogP contribution in [0.1, 0.15) is 97.0 Å². The van der Waals surface area contributed by atoms with Crippen molar-refractivity contribution in [3.63, 3.8) is 0 Å². The number of amides is 3. The van der Waals surface area contributed by atoms with Gasteiger partial charge >= 0.3 is 7.60 Å². The lowest BCUT2D eigenvalue weighted by molar-refractivity contribution is -0.132. The summed E-state index contributed by atoms with van der Waals surface area (Å²) in [5.74, 6) is -2.90. The van der Waals surface area contributed by atoms with Crippen molar-refractivity contribution in [3.8, 4) is 0 Å². The topological polar surface area (TPSA) is 143 Å². The Morgan fingerprint density at radius 3 is 2.21 bits per heavy atom. The Bertz CT molecular complexity index is 1080. The van der Waals surface area contributed by atoms with Crippen LogP contribution in [0.4, 0.5) is 0 Å². The Morgan fingerprint density at radius 2 is 1.62 bits per heavy atom. The summed E-state index contributed by atoms with van der Waals surface area (Å²) in [4.78, 5) is 40.9. The summed E-state index contributed by atoms with van der Waals surface area (Å²) >= 11 is 0. The largest absolute Gasteiger partial charge is 0.379 e. The molecule has 236 valence electrons. The van der Waals surface area contributed by atoms with Crippen LogP contribution in [0.25, 0.3) is 0 Å². The van der Waals surface area contributed by atoms with Crippen molar-refractivity contribution in [1.82, 2.24) is 16.0 Å². The van der Waals surface area contributed by atoms with Gasteiger partial charge in [-0.05, 0) is 57.4 Å². The molecule has 0 radical (unpaired) electrons. The summed E-state index contributed by atoms with van der Waals surface area (Å²) in [5.41, 5.74) is 0.0541. The molecular weight excluding hydrogens is 557 g/mol. The van der Waals surface area contributed by atoms with Crippen LogP contribution >= 0.6 is 7.60 Å². The summed E-state index contributed by atoms with van der Waals surface area (Å²) in [6.45, 7) is 7.79. The number of hydrogen-bond acceptors (Lipinski definition) is 7. The van der Waals surface area contributed by atoms with Gasteiger partial charge in [0.1, 0.15) is 6.04 Å². The van der Waals surface area contributed by atoms with Crippen LogP contribution in [-0.2, 0) is 28.0 Å². The first-order chi connectivity index (χ1) is 20.0. The zero-order valence-electron chi connectivity index (χ0n) is 25.6. The predicted molar refractivity (Wildman–Crippen MR) is 162 cm³/mol. The molecule has 42 heavy (non-hydrogen) atoms. The summed E-state index contributed by atoms with van der Waals surface area (Å²) in [7, 11) is -4.07. The van der Waals surface area contributed by atoms with E-state index in [0.717, 1.165) is 31.2 Å². The summed E-state index contributed by atoms with van der Waals surface area (Å²) in [6.07, 6.45) is 5.58. The number of nitrogens with one attached hydrogen (secondary N) is 3. The van der Waals surface area contributed by atoms with Gasteiger partial charge in [0.2, 0.25) is 17.7 Å². The molecule has 2 fully saturated rings. The lowest BCUT2D eigenvalue weighted by atomic mass is 9.75. The van der Waals surface area contributed by atoms with E-state index in [-0.39, 0.29) is 37.4 Å². The van der Waals surface area contributed by atoms with Gasteiger partial charge in [0.15, 0.2) is 5.85 Å². The van der Waals surface area contributed by atoms with Crippen molar-refractivity contribution in [2.45, 2.75) is 109 Å². The smallest absolute Gasteiger partial charge is 0.360 e. The second-order valence-corrected chi connectivity index (χ2v) is 14.1. The maximum absolute atomic E-state index is 13.9. The van der Waals surface area contributed by atoms with Gasteiger partial charge in [0.05, 0.1) is 30.6 Å². The van der Waals surface area contributed by atoms with Crippen LogP contribution in [0.5, 0.6) is 0 Å². The molecule has 10 nitrogen and oxygen atoms in total. The molecule has 2 heterocycles. The highest BCUT2D eigenvalue weighted by atomic mass is 31.2. The standard InChI is InChI=1S/C31H50N3O7P/c1-5-40-42(39,41-6-2)29(37)26-21-31(18-19-32-30(31)38)17-13-8-7-12-16-24(23-14-10-9-11-15-23)27(35)33-25(20-22(3)4)28(36)34-26/h9-11,14-15,22,24-26,29,37H,5-8,12-13,16-21H2,1-4H3,(H,32,38)(H,33,35)(H,34,36)/t24?,25-,26-,29?,31?/m0/s1. The van der Waals surface area contributed by atoms with Crippen molar-refractivity contribution in [1.29, 1.82) is 0 Å². The SMILES string of the molecule is CCOP(=O)(OCC)C(O)[C@@H]1CC2(CCCCCCC(c3ccccc3)C(=O)N[C@@H](CC(C)C)C(=O)N1)CCNC2=O. The fourth-order valence-corrected chi connectivity index (χ4v) is 7.95. The van der Waals surface area contributed by atoms with Crippen molar-refractivity contribution >= 4 is 25.3 Å². The molecule has 2 aliphatic heterocycles. The number of aliphatic hydroxyl groups excluding tert-OH is 1. The molecule has 2 saturated heterocycles. The van der Waals surface area contributed by atoms with E-state index in [1.54, 1.807) is 13.8 Å². The molecule has 4 N–H and O–H groups in total. The number of carbonyl (C=O) groups is 3. The Labute approximate surface area is 250 Å². The van der Waals surface area contributed by atoms with Crippen molar-refractivity contribution < 1.29 is 33.1 Å². The minimum atomic E-state index is -4.07. The van der Waals surface area contributed by atoms with Crippen molar-refractivity contribution in [2.75, 3.05) is 19.8 Å². The Balaban J connectivity index is 2.02. The maximum Gasteiger partial charge on any atom is 0.360 e. The quantitative estimate of drug-likeness (QED) is 0.300. The lowest BCUT2D eigenvalue weighted by Crippen LogP contribution is -2.55. The third-order valence-corrected chi connectivity index (χ3v) is 10.6. The highest BCUT2D eigenvalue weighted by Crippen LogP contribution is 2.54. The van der Waals surface area contributed by atoms with Crippen LogP contribution in [0.15, 0.2) is 30.3 Å². The van der Waals surface area contributed by atoms with E-state index < -0.39 is 42.8 Å². The average Bonchev–Trinajstić information content (AvgIpc) is 3.30. The van der Waals surface area contributed by atoms with Gasteiger partial charge in [-0.25, -0.2) is 0 Å². The monoisotopic (exact) mass is 607 g/mol. The van der Waals surface area contributed by atoms with Gasteiger partial charge in [-0.3, -0.25) is 18.9 Å². The molecule has 5 atom stereocenters. The predicted octanol–water partition coefficient (Wildman–Crippen LogP) is 4.62. The second kappa shape index (κ2) is 16.0. The first-order valence-electron chi connectivity index (χ1n) is 15.6. The minimum absolute atomic E-state index is 0.0353. The lowest BCUT2D eigenvalue weighted by Gasteiger charge is -2.36. The summed E-state index contributed by atoms with van der Waals surface area (Å²) in [5, 5.41) is 20.3. The fraction of sp³-hybridized carbons (Fsp3) is 0.710. The number of benzene rings is 1. The number of carbonyl (C=O) groups excluding carboxylic acids is 3. The molecule has 0 bridgehead atoms. The Kier molecular flexibility index (Phi) is 13.0. The molecule has 0 saturated carbocycles. The molecular formula is C31H50N3O7P. The number of aliphatic hydroxyl groups is 1. The Morgan fingerprint density at radius 1 is 0.952 bits per heavy atom. The van der Waals surface area contributed by atoms with Gasteiger partial charge in [-0.1, -0.05) is 69.9 Å². The van der Waals surface area contributed by atoms with E-state index in [2.05, 4.69) is 16.0 Å². The van der Waals surface area contributed by atoms with E-state index >= 15 is 0 Å². The highest BCUT2D eigenvalue weighted by molar-refractivity contribution is 7.54. The third kappa shape index (κ3) is 8.88. The minimum Gasteiger partial charge on any atom is -0.379 e. The molecule has 1 aromatic rings. The molecule has 0 aliphatic carbocycles. The molecule has 0 aromatic heterocycles. The second-order valence-electron chi connectivity index (χ2n) is 12.0. The van der Waals surface area contributed by atoms with Crippen molar-refractivity contribution in [2.24, 2.45) is 11.3 Å². The van der Waals surface area contributed by atoms with Crippen LogP contribution in [0.3, 0.4) is 0 Å². The molecule has 3 rings (SSSR count). The van der Waals surface area contributed by atoms with Gasteiger partial charge in [0.25, 0.3) is 0 Å². The third-order valence-electron chi connectivity index (χ3n) is 8.37. The van der Waals surface area contributed by atoms with Crippen LogP contribution in [0, 0.1) is 11.3 Å². The summed E-state index contributed by atoms with van der Waals surface area (Å²) < 4.78 is 24.6. The van der Waals surface area contributed by atoms with Crippen LogP contribution in [-0.4, -0.2) is 60.5 Å². The number of rotatable bonds is 9. The van der Waals surface area contributed by atoms with Gasteiger partial charge < -0.3 is 30.1 Å². The molecule has 11 heteroatoms. The van der Waals surface area contributed by atoms with Crippen LogP contribution < -0.4 is 16.0 Å². The fourth-order valence-electron chi connectivity index (χ4n) is 6.23. The van der Waals surface area contributed by atoms with Crippen LogP contribution in [0.2, 0.25) is 0 Å². The molecule has 3 unspecified atom stereocenters. The molecule has 1 spiro atoms. The highest BCUT2D eigenvalue weighted by Gasteiger charge is 2.49. The maximum atomic E-state index is 13.9. The van der Waals surface area contributed by atoms with Gasteiger partial charge in [0, 0.05) is 6.54 Å². The molecule has 2 aliphatic rings. The molecule has 1 aromatic carbocycles. The zero-order chi connectivity index (χ0) is 30.8. The van der Waals surface area contributed by atoms with Gasteiger partial charge in [-0.2, -0.15) is 0 Å². The zero-order valence-corrected chi connectivity index (χ0v) is 26.5. The first-order valence-corrected chi connectivity index (χ1v) is 17.2. The number of hydrogen-bond donors (Lipinski definition) is 4. The van der Waals surface area contributed by atoms with E-state index in [1.807, 2.05) is 44.2 Å². The van der Waals surface area contributed by atoms with E-state index in [4.69, 9.17) is 9.05 Å². The molecule has 3 amide bonds. The van der Waals surface area contributed by atoms with Gasteiger partial charge in [-0.15, -0.1) is 0 Å². The van der Waals surface area contributed by atoms with E-state index in [0.29, 0.717) is 32.2 Å². The summed E-state index contributed by atoms with van der Waals surface area (Å²) in [6, 6.07) is 7.59. The van der Waals surface area contributed by atoms with E-state index in [1.165, 1.54) is 0 Å².